The lowest BCUT2D eigenvalue weighted by Gasteiger charge is -2.32. The molecule has 2 aromatic heterocycles. The highest BCUT2D eigenvalue weighted by molar-refractivity contribution is 7.08. The van der Waals surface area contributed by atoms with Crippen LogP contribution in [-0.2, 0) is 17.6 Å². The molecule has 0 radical (unpaired) electrons. The van der Waals surface area contributed by atoms with E-state index in [1.807, 2.05) is 39.9 Å². The predicted molar refractivity (Wildman–Crippen MR) is 118 cm³/mol. The third-order valence-electron chi connectivity index (χ3n) is 5.80. The van der Waals surface area contributed by atoms with Crippen LogP contribution in [-0.4, -0.2) is 34.0 Å². The molecule has 1 aliphatic heterocycles. The number of thiophene rings is 1. The van der Waals surface area contributed by atoms with Gasteiger partial charge in [-0.15, -0.1) is 0 Å². The normalized spacial score (nSPS) is 16.8. The fourth-order valence-corrected chi connectivity index (χ4v) is 4.91. The Morgan fingerprint density at radius 3 is 2.97 bits per heavy atom. The van der Waals surface area contributed by atoms with E-state index in [1.54, 1.807) is 11.3 Å². The fourth-order valence-electron chi connectivity index (χ4n) is 4.27. The summed E-state index contributed by atoms with van der Waals surface area (Å²) in [7, 11) is 0. The van der Waals surface area contributed by atoms with Crippen molar-refractivity contribution in [2.75, 3.05) is 13.1 Å². The summed E-state index contributed by atoms with van der Waals surface area (Å²) in [4.78, 5) is 19.6. The fraction of sp³-hybridized carbons (Fsp3) is 0.292. The van der Waals surface area contributed by atoms with E-state index in [9.17, 15) is 4.79 Å². The number of likely N-dealkylation sites (tertiary alicyclic amines) is 1. The Morgan fingerprint density at radius 1 is 1.17 bits per heavy atom. The highest BCUT2D eigenvalue weighted by Crippen LogP contribution is 2.25. The maximum Gasteiger partial charge on any atom is 0.227 e. The molecule has 0 N–H and O–H groups in total. The molecule has 0 unspecified atom stereocenters. The van der Waals surface area contributed by atoms with Crippen LogP contribution >= 0.6 is 11.3 Å². The van der Waals surface area contributed by atoms with E-state index in [2.05, 4.69) is 34.4 Å². The van der Waals surface area contributed by atoms with Crippen LogP contribution in [0.1, 0.15) is 24.3 Å². The summed E-state index contributed by atoms with van der Waals surface area (Å²) < 4.78 is 5.47. The highest BCUT2D eigenvalue weighted by atomic mass is 32.1. The van der Waals surface area contributed by atoms with Gasteiger partial charge in [0.15, 0.2) is 0 Å². The summed E-state index contributed by atoms with van der Waals surface area (Å²) in [6.07, 6.45) is 3.25. The SMILES string of the molecule is O=C(Cc1cccc2ccccc12)N1CCC[C@@H](Cc2nc(-c3ccsc3)no2)C1. The van der Waals surface area contributed by atoms with Crippen molar-refractivity contribution >= 4 is 28.0 Å². The zero-order valence-electron chi connectivity index (χ0n) is 16.7. The van der Waals surface area contributed by atoms with Gasteiger partial charge in [0.1, 0.15) is 0 Å². The summed E-state index contributed by atoms with van der Waals surface area (Å²) in [6, 6.07) is 16.4. The van der Waals surface area contributed by atoms with Gasteiger partial charge in [-0.2, -0.15) is 16.3 Å². The second-order valence-electron chi connectivity index (χ2n) is 7.89. The zero-order valence-corrected chi connectivity index (χ0v) is 17.5. The van der Waals surface area contributed by atoms with Crippen LogP contribution in [0, 0.1) is 5.92 Å². The molecule has 0 saturated carbocycles. The molecule has 1 aliphatic rings. The lowest BCUT2D eigenvalue weighted by molar-refractivity contribution is -0.132. The summed E-state index contributed by atoms with van der Waals surface area (Å²) >= 11 is 1.62. The average molecular weight is 418 g/mol. The molecule has 0 spiro atoms. The lowest BCUT2D eigenvalue weighted by Crippen LogP contribution is -2.41. The average Bonchev–Trinajstić information content (AvgIpc) is 3.46. The number of carbonyl (C=O) groups excluding carboxylic acids is 1. The Balaban J connectivity index is 1.24. The maximum atomic E-state index is 13.0. The smallest absolute Gasteiger partial charge is 0.227 e. The summed E-state index contributed by atoms with van der Waals surface area (Å²) in [5, 5.41) is 10.5. The summed E-state index contributed by atoms with van der Waals surface area (Å²) in [5.41, 5.74) is 2.09. The number of hydrogen-bond acceptors (Lipinski definition) is 5. The minimum Gasteiger partial charge on any atom is -0.342 e. The van der Waals surface area contributed by atoms with Crippen molar-refractivity contribution in [2.24, 2.45) is 5.92 Å². The molecule has 1 fully saturated rings. The minimum atomic E-state index is 0.195. The van der Waals surface area contributed by atoms with Gasteiger partial charge in [-0.3, -0.25) is 4.79 Å². The third-order valence-corrected chi connectivity index (χ3v) is 6.49. The Hall–Kier alpha value is -2.99. The van der Waals surface area contributed by atoms with Crippen molar-refractivity contribution in [2.45, 2.75) is 25.7 Å². The Morgan fingerprint density at radius 2 is 2.07 bits per heavy atom. The maximum absolute atomic E-state index is 13.0. The molecule has 5 nitrogen and oxygen atoms in total. The molecule has 6 heteroatoms. The quantitative estimate of drug-likeness (QED) is 0.460. The van der Waals surface area contributed by atoms with Gasteiger partial charge in [0.05, 0.1) is 6.42 Å². The van der Waals surface area contributed by atoms with Crippen molar-refractivity contribution in [1.29, 1.82) is 0 Å². The van der Waals surface area contributed by atoms with Crippen LogP contribution in [0.5, 0.6) is 0 Å². The van der Waals surface area contributed by atoms with Gasteiger partial charge in [0.2, 0.25) is 17.6 Å². The molecule has 2 aromatic carbocycles. The number of rotatable bonds is 5. The zero-order chi connectivity index (χ0) is 20.3. The number of benzene rings is 2. The number of aromatic nitrogens is 2. The third kappa shape index (κ3) is 4.00. The first-order chi connectivity index (χ1) is 14.8. The molecular weight excluding hydrogens is 394 g/mol. The van der Waals surface area contributed by atoms with Crippen LogP contribution < -0.4 is 0 Å². The number of carbonyl (C=O) groups is 1. The van der Waals surface area contributed by atoms with E-state index in [1.165, 1.54) is 5.39 Å². The minimum absolute atomic E-state index is 0.195. The summed E-state index contributed by atoms with van der Waals surface area (Å²) in [6.45, 7) is 1.57. The lowest BCUT2D eigenvalue weighted by atomic mass is 9.94. The Kier molecular flexibility index (Phi) is 5.32. The molecule has 0 bridgehead atoms. The second-order valence-corrected chi connectivity index (χ2v) is 8.67. The first kappa shape index (κ1) is 19.0. The standard InChI is InChI=1S/C24H23N3O2S/c28-23(14-19-8-3-7-18-6-1-2-9-21(18)19)27-11-4-5-17(15-27)13-22-25-24(26-29-22)20-10-12-30-16-20/h1-3,6-10,12,16-17H,4-5,11,13-15H2/t17-/m0/s1. The molecule has 4 aromatic rings. The molecule has 1 atom stereocenters. The largest absolute Gasteiger partial charge is 0.342 e. The van der Waals surface area contributed by atoms with Crippen LogP contribution in [0.15, 0.2) is 63.8 Å². The van der Waals surface area contributed by atoms with Gasteiger partial charge >= 0.3 is 0 Å². The molecule has 5 rings (SSSR count). The van der Waals surface area contributed by atoms with E-state index in [4.69, 9.17) is 4.52 Å². The van der Waals surface area contributed by atoms with Crippen molar-refractivity contribution < 1.29 is 9.32 Å². The van der Waals surface area contributed by atoms with Crippen molar-refractivity contribution in [3.8, 4) is 11.4 Å². The van der Waals surface area contributed by atoms with Gasteiger partial charge in [-0.25, -0.2) is 0 Å². The molecular formula is C24H23N3O2S. The number of hydrogen-bond donors (Lipinski definition) is 0. The monoisotopic (exact) mass is 417 g/mol. The van der Waals surface area contributed by atoms with E-state index < -0.39 is 0 Å². The van der Waals surface area contributed by atoms with Crippen molar-refractivity contribution in [1.82, 2.24) is 15.0 Å². The Labute approximate surface area is 179 Å². The summed E-state index contributed by atoms with van der Waals surface area (Å²) in [5.74, 6) is 1.85. The van der Waals surface area contributed by atoms with Crippen LogP contribution in [0.2, 0.25) is 0 Å². The van der Waals surface area contributed by atoms with E-state index >= 15 is 0 Å². The van der Waals surface area contributed by atoms with Gasteiger partial charge in [0, 0.05) is 30.5 Å². The molecule has 30 heavy (non-hydrogen) atoms. The topological polar surface area (TPSA) is 59.2 Å². The number of nitrogens with zero attached hydrogens (tertiary/aromatic N) is 3. The van der Waals surface area contributed by atoms with E-state index in [0.29, 0.717) is 24.1 Å². The van der Waals surface area contributed by atoms with E-state index in [-0.39, 0.29) is 5.91 Å². The molecule has 152 valence electrons. The van der Waals surface area contributed by atoms with E-state index in [0.717, 1.165) is 48.9 Å². The van der Waals surface area contributed by atoms with Crippen LogP contribution in [0.4, 0.5) is 0 Å². The first-order valence-electron chi connectivity index (χ1n) is 10.4. The van der Waals surface area contributed by atoms with Gasteiger partial charge in [-0.1, -0.05) is 47.6 Å². The Bertz CT molecular complexity index is 1150. The number of amides is 1. The first-order valence-corrected chi connectivity index (χ1v) is 11.3. The predicted octanol–water partition coefficient (Wildman–Crippen LogP) is 4.98. The molecule has 1 amide bonds. The highest BCUT2D eigenvalue weighted by Gasteiger charge is 2.26. The van der Waals surface area contributed by atoms with Gasteiger partial charge in [-0.05, 0) is 46.5 Å². The van der Waals surface area contributed by atoms with Gasteiger partial charge < -0.3 is 9.42 Å². The second kappa shape index (κ2) is 8.40. The number of piperidine rings is 1. The molecule has 0 aliphatic carbocycles. The van der Waals surface area contributed by atoms with Crippen LogP contribution in [0.3, 0.4) is 0 Å². The van der Waals surface area contributed by atoms with Gasteiger partial charge in [0.25, 0.3) is 0 Å². The number of fused-ring (bicyclic) bond motifs is 1. The van der Waals surface area contributed by atoms with Crippen LogP contribution in [0.25, 0.3) is 22.2 Å². The molecule has 3 heterocycles. The van der Waals surface area contributed by atoms with Crippen molar-refractivity contribution in [3.63, 3.8) is 0 Å². The van der Waals surface area contributed by atoms with Crippen molar-refractivity contribution in [3.05, 3.63) is 70.7 Å². The molecule has 1 saturated heterocycles.